The standard InChI is InChI=1S/C21H17F2N5O2/c1-13-25-20-18(12-24-28(20)17-8-4-15(23)5-9-17)21(30)27(13)11-10-19(29)26-16-6-2-14(22)3-7-16/h2-9,12H,10-11H2,1H3,(H,26,29). The summed E-state index contributed by atoms with van der Waals surface area (Å²) in [5, 5.41) is 7.16. The van der Waals surface area contributed by atoms with Gasteiger partial charge in [-0.15, -0.1) is 0 Å². The van der Waals surface area contributed by atoms with Crippen LogP contribution in [0.3, 0.4) is 0 Å². The van der Waals surface area contributed by atoms with E-state index in [-0.39, 0.29) is 30.2 Å². The van der Waals surface area contributed by atoms with E-state index in [4.69, 9.17) is 0 Å². The minimum absolute atomic E-state index is 0.0391. The molecule has 0 radical (unpaired) electrons. The quantitative estimate of drug-likeness (QED) is 0.549. The van der Waals surface area contributed by atoms with Crippen LogP contribution in [0.2, 0.25) is 0 Å². The number of fused-ring (bicyclic) bond motifs is 1. The van der Waals surface area contributed by atoms with E-state index < -0.39 is 5.82 Å². The van der Waals surface area contributed by atoms with Gasteiger partial charge in [0.25, 0.3) is 5.56 Å². The van der Waals surface area contributed by atoms with E-state index in [1.54, 1.807) is 19.1 Å². The molecule has 0 bridgehead atoms. The molecule has 0 spiro atoms. The van der Waals surface area contributed by atoms with Gasteiger partial charge in [0.1, 0.15) is 22.8 Å². The van der Waals surface area contributed by atoms with Gasteiger partial charge >= 0.3 is 0 Å². The van der Waals surface area contributed by atoms with Crippen LogP contribution in [0.15, 0.2) is 59.5 Å². The van der Waals surface area contributed by atoms with Crippen molar-refractivity contribution in [1.82, 2.24) is 19.3 Å². The van der Waals surface area contributed by atoms with Crippen LogP contribution in [-0.4, -0.2) is 25.2 Å². The summed E-state index contributed by atoms with van der Waals surface area (Å²) in [5.74, 6) is -0.655. The van der Waals surface area contributed by atoms with Gasteiger partial charge in [0, 0.05) is 18.7 Å². The van der Waals surface area contributed by atoms with E-state index >= 15 is 0 Å². The molecule has 30 heavy (non-hydrogen) atoms. The summed E-state index contributed by atoms with van der Waals surface area (Å²) in [6.07, 6.45) is 1.44. The molecule has 0 unspecified atom stereocenters. The number of hydrogen-bond donors (Lipinski definition) is 1. The van der Waals surface area contributed by atoms with Crippen molar-refractivity contribution in [2.24, 2.45) is 0 Å². The molecule has 0 aliphatic rings. The fourth-order valence-corrected chi connectivity index (χ4v) is 3.11. The molecular weight excluding hydrogens is 392 g/mol. The van der Waals surface area contributed by atoms with Gasteiger partial charge in [-0.1, -0.05) is 0 Å². The van der Waals surface area contributed by atoms with Crippen LogP contribution < -0.4 is 10.9 Å². The highest BCUT2D eigenvalue weighted by Gasteiger charge is 2.15. The van der Waals surface area contributed by atoms with Crippen molar-refractivity contribution in [3.8, 4) is 5.69 Å². The minimum Gasteiger partial charge on any atom is -0.326 e. The SMILES string of the molecule is Cc1nc2c(cnn2-c2ccc(F)cc2)c(=O)n1CCC(=O)Nc1ccc(F)cc1. The number of carbonyl (C=O) groups excluding carboxylic acids is 1. The predicted octanol–water partition coefficient (Wildman–Crippen LogP) is 3.20. The summed E-state index contributed by atoms with van der Waals surface area (Å²) in [6, 6.07) is 11.1. The lowest BCUT2D eigenvalue weighted by Crippen LogP contribution is -2.26. The van der Waals surface area contributed by atoms with Gasteiger partial charge in [-0.3, -0.25) is 14.2 Å². The number of nitrogens with zero attached hydrogens (tertiary/aromatic N) is 4. The molecule has 1 N–H and O–H groups in total. The second kappa shape index (κ2) is 7.86. The van der Waals surface area contributed by atoms with Crippen molar-refractivity contribution in [1.29, 1.82) is 0 Å². The molecular formula is C21H17F2N5O2. The number of carbonyl (C=O) groups is 1. The fraction of sp³-hybridized carbons (Fsp3) is 0.143. The van der Waals surface area contributed by atoms with Crippen molar-refractivity contribution in [3.05, 3.63) is 82.5 Å². The highest BCUT2D eigenvalue weighted by molar-refractivity contribution is 5.90. The molecule has 0 saturated heterocycles. The Labute approximate surface area is 169 Å². The first-order chi connectivity index (χ1) is 14.4. The Hall–Kier alpha value is -3.88. The molecule has 2 aromatic heterocycles. The van der Waals surface area contributed by atoms with Gasteiger partial charge in [-0.05, 0) is 55.5 Å². The third-order valence-corrected chi connectivity index (χ3v) is 4.64. The van der Waals surface area contributed by atoms with Crippen LogP contribution in [0.25, 0.3) is 16.7 Å². The van der Waals surface area contributed by atoms with Gasteiger partial charge < -0.3 is 5.32 Å². The molecule has 1 amide bonds. The zero-order chi connectivity index (χ0) is 21.3. The van der Waals surface area contributed by atoms with E-state index in [0.717, 1.165) is 0 Å². The number of aryl methyl sites for hydroxylation is 1. The monoisotopic (exact) mass is 409 g/mol. The molecule has 4 aromatic rings. The van der Waals surface area contributed by atoms with E-state index in [1.165, 1.54) is 51.8 Å². The summed E-state index contributed by atoms with van der Waals surface area (Å²) in [6.45, 7) is 1.79. The fourth-order valence-electron chi connectivity index (χ4n) is 3.11. The van der Waals surface area contributed by atoms with Crippen molar-refractivity contribution < 1.29 is 13.6 Å². The molecule has 0 atom stereocenters. The van der Waals surface area contributed by atoms with Gasteiger partial charge in [0.05, 0.1) is 11.9 Å². The van der Waals surface area contributed by atoms with Gasteiger partial charge in [-0.25, -0.2) is 18.4 Å². The Bertz CT molecular complexity index is 1280. The average molecular weight is 409 g/mol. The van der Waals surface area contributed by atoms with E-state index in [0.29, 0.717) is 28.2 Å². The second-order valence-electron chi connectivity index (χ2n) is 6.69. The third kappa shape index (κ3) is 3.82. The lowest BCUT2D eigenvalue weighted by Gasteiger charge is -2.10. The first kappa shape index (κ1) is 19.4. The zero-order valence-electron chi connectivity index (χ0n) is 16.0. The Kier molecular flexibility index (Phi) is 5.09. The van der Waals surface area contributed by atoms with Crippen LogP contribution >= 0.6 is 0 Å². The maximum absolute atomic E-state index is 13.2. The largest absolute Gasteiger partial charge is 0.326 e. The van der Waals surface area contributed by atoms with Crippen LogP contribution in [0.4, 0.5) is 14.5 Å². The number of halogens is 2. The van der Waals surface area contributed by atoms with Crippen LogP contribution in [0, 0.1) is 18.6 Å². The number of nitrogens with one attached hydrogen (secondary N) is 1. The Morgan fingerprint density at radius 2 is 1.67 bits per heavy atom. The van der Waals surface area contributed by atoms with Crippen molar-refractivity contribution in [3.63, 3.8) is 0 Å². The van der Waals surface area contributed by atoms with Crippen LogP contribution in [0.1, 0.15) is 12.2 Å². The highest BCUT2D eigenvalue weighted by Crippen LogP contribution is 2.15. The molecule has 0 saturated carbocycles. The zero-order valence-corrected chi connectivity index (χ0v) is 16.0. The molecule has 2 heterocycles. The predicted molar refractivity (Wildman–Crippen MR) is 107 cm³/mol. The minimum atomic E-state index is -0.393. The number of rotatable bonds is 5. The summed E-state index contributed by atoms with van der Waals surface area (Å²) in [5.41, 5.74) is 1.09. The first-order valence-electron chi connectivity index (χ1n) is 9.19. The molecule has 2 aromatic carbocycles. The molecule has 9 heteroatoms. The topological polar surface area (TPSA) is 81.8 Å². The lowest BCUT2D eigenvalue weighted by molar-refractivity contribution is -0.116. The van der Waals surface area contributed by atoms with Gasteiger partial charge in [0.2, 0.25) is 5.91 Å². The molecule has 4 rings (SSSR count). The van der Waals surface area contributed by atoms with Crippen molar-refractivity contribution >= 4 is 22.6 Å². The highest BCUT2D eigenvalue weighted by atomic mass is 19.1. The average Bonchev–Trinajstić information content (AvgIpc) is 3.14. The van der Waals surface area contributed by atoms with Crippen LogP contribution in [-0.2, 0) is 11.3 Å². The van der Waals surface area contributed by atoms with Crippen LogP contribution in [0.5, 0.6) is 0 Å². The summed E-state index contributed by atoms with van der Waals surface area (Å²) < 4.78 is 29.0. The molecule has 0 fully saturated rings. The Balaban J connectivity index is 1.56. The van der Waals surface area contributed by atoms with Gasteiger partial charge in [-0.2, -0.15) is 5.10 Å². The summed E-state index contributed by atoms with van der Waals surface area (Å²) >= 11 is 0. The van der Waals surface area contributed by atoms with Gasteiger partial charge in [0.15, 0.2) is 5.65 Å². The van der Waals surface area contributed by atoms with E-state index in [1.807, 2.05) is 0 Å². The molecule has 152 valence electrons. The Morgan fingerprint density at radius 1 is 1.03 bits per heavy atom. The smallest absolute Gasteiger partial charge is 0.264 e. The normalized spacial score (nSPS) is 11.0. The third-order valence-electron chi connectivity index (χ3n) is 4.64. The summed E-state index contributed by atoms with van der Waals surface area (Å²) in [7, 11) is 0. The second-order valence-corrected chi connectivity index (χ2v) is 6.69. The first-order valence-corrected chi connectivity index (χ1v) is 9.19. The molecule has 7 nitrogen and oxygen atoms in total. The van der Waals surface area contributed by atoms with E-state index in [9.17, 15) is 18.4 Å². The molecule has 0 aliphatic heterocycles. The Morgan fingerprint density at radius 3 is 2.33 bits per heavy atom. The maximum Gasteiger partial charge on any atom is 0.264 e. The number of benzene rings is 2. The lowest BCUT2D eigenvalue weighted by atomic mass is 10.3. The number of anilines is 1. The van der Waals surface area contributed by atoms with Crippen molar-refractivity contribution in [2.75, 3.05) is 5.32 Å². The number of amides is 1. The maximum atomic E-state index is 13.2. The van der Waals surface area contributed by atoms with Crippen molar-refractivity contribution in [2.45, 2.75) is 19.9 Å². The molecule has 0 aliphatic carbocycles. The summed E-state index contributed by atoms with van der Waals surface area (Å²) in [4.78, 5) is 29.5. The number of hydrogen-bond acceptors (Lipinski definition) is 4. The van der Waals surface area contributed by atoms with E-state index in [2.05, 4.69) is 15.4 Å². The number of aromatic nitrogens is 4.